The van der Waals surface area contributed by atoms with E-state index in [-0.39, 0.29) is 11.9 Å². The lowest BCUT2D eigenvalue weighted by Crippen LogP contribution is -2.53. The number of nitrogens with one attached hydrogen (secondary N) is 3. The summed E-state index contributed by atoms with van der Waals surface area (Å²) in [4.78, 5) is 12.7. The number of aryl methyl sites for hydroxylation is 1. The Hall–Kier alpha value is -1.52. The van der Waals surface area contributed by atoms with Crippen molar-refractivity contribution in [1.82, 2.24) is 15.5 Å². The Bertz CT molecular complexity index is 547. The van der Waals surface area contributed by atoms with Crippen molar-refractivity contribution in [2.24, 2.45) is 5.41 Å². The number of aromatic nitrogens is 2. The van der Waals surface area contributed by atoms with E-state index >= 15 is 0 Å². The lowest BCUT2D eigenvalue weighted by molar-refractivity contribution is -0.124. The number of aromatic amines is 1. The Kier molecular flexibility index (Phi) is 3.59. The normalized spacial score (nSPS) is 29.8. The second kappa shape index (κ2) is 5.60. The molecule has 0 radical (unpaired) electrons. The number of anilines is 1. The highest BCUT2D eigenvalue weighted by atomic mass is 16.2. The third-order valence-corrected chi connectivity index (χ3v) is 6.13. The van der Waals surface area contributed by atoms with Gasteiger partial charge in [0.05, 0.1) is 6.20 Å². The molecule has 2 heterocycles. The average Bonchev–Trinajstić information content (AvgIpc) is 3.18. The molecule has 4 rings (SSSR count). The number of rotatable bonds is 2. The minimum absolute atomic E-state index is 0.117. The first-order chi connectivity index (χ1) is 10.8. The van der Waals surface area contributed by atoms with Crippen LogP contribution in [0.3, 0.4) is 0 Å². The summed E-state index contributed by atoms with van der Waals surface area (Å²) in [6, 6.07) is 0.273. The van der Waals surface area contributed by atoms with E-state index in [1.54, 1.807) is 0 Å². The van der Waals surface area contributed by atoms with Gasteiger partial charge in [0.2, 0.25) is 5.91 Å². The van der Waals surface area contributed by atoms with Crippen LogP contribution in [0.4, 0.5) is 5.82 Å². The molecule has 2 fully saturated rings. The topological polar surface area (TPSA) is 69.8 Å². The minimum atomic E-state index is -0.117. The molecule has 2 saturated carbocycles. The van der Waals surface area contributed by atoms with Crippen LogP contribution in [-0.2, 0) is 11.2 Å². The monoisotopic (exact) mass is 302 g/mol. The zero-order chi connectivity index (χ0) is 15.0. The molecule has 120 valence electrons. The van der Waals surface area contributed by atoms with Crippen molar-refractivity contribution >= 4 is 11.7 Å². The van der Waals surface area contributed by atoms with Gasteiger partial charge in [-0.2, -0.15) is 5.10 Å². The molecule has 1 aromatic rings. The smallest absolute Gasteiger partial charge is 0.242 e. The average molecular weight is 302 g/mol. The van der Waals surface area contributed by atoms with Crippen LogP contribution in [0.2, 0.25) is 0 Å². The number of hydrogen-bond donors (Lipinski definition) is 3. The van der Waals surface area contributed by atoms with Gasteiger partial charge in [-0.25, -0.2) is 0 Å². The Morgan fingerprint density at radius 2 is 1.95 bits per heavy atom. The summed E-state index contributed by atoms with van der Waals surface area (Å²) in [7, 11) is 0. The maximum atomic E-state index is 12.7. The van der Waals surface area contributed by atoms with Gasteiger partial charge in [-0.15, -0.1) is 0 Å². The molecule has 2 aliphatic carbocycles. The molecular formula is C17H26N4O. The Labute approximate surface area is 131 Å². The predicted octanol–water partition coefficient (Wildman–Crippen LogP) is 2.76. The molecule has 2 unspecified atom stereocenters. The largest absolute Gasteiger partial charge is 0.359 e. The van der Waals surface area contributed by atoms with E-state index < -0.39 is 0 Å². The lowest BCUT2D eigenvalue weighted by atomic mass is 9.69. The van der Waals surface area contributed by atoms with Gasteiger partial charge in [-0.05, 0) is 43.9 Å². The van der Waals surface area contributed by atoms with Crippen molar-refractivity contribution in [3.63, 3.8) is 0 Å². The summed E-state index contributed by atoms with van der Waals surface area (Å²) in [6.07, 6.45) is 14.0. The fraction of sp³-hybridized carbons (Fsp3) is 0.765. The lowest BCUT2D eigenvalue weighted by Gasteiger charge is -2.42. The Balaban J connectivity index is 1.43. The van der Waals surface area contributed by atoms with Gasteiger partial charge in [0.1, 0.15) is 11.9 Å². The molecule has 1 aliphatic heterocycles. The summed E-state index contributed by atoms with van der Waals surface area (Å²) >= 11 is 0. The van der Waals surface area contributed by atoms with E-state index in [0.29, 0.717) is 11.5 Å². The van der Waals surface area contributed by atoms with Crippen LogP contribution in [0.15, 0.2) is 6.20 Å². The molecule has 0 bridgehead atoms. The summed E-state index contributed by atoms with van der Waals surface area (Å²) in [6.45, 7) is 0. The fourth-order valence-corrected chi connectivity index (χ4v) is 4.85. The van der Waals surface area contributed by atoms with Gasteiger partial charge >= 0.3 is 0 Å². The fourth-order valence-electron chi connectivity index (χ4n) is 4.85. The second-order valence-electron chi connectivity index (χ2n) is 7.38. The zero-order valence-electron chi connectivity index (χ0n) is 13.2. The molecule has 5 heteroatoms. The highest BCUT2D eigenvalue weighted by Crippen LogP contribution is 2.49. The zero-order valence-corrected chi connectivity index (χ0v) is 13.2. The number of amides is 1. The molecule has 1 spiro atoms. The molecule has 1 aromatic heterocycles. The van der Waals surface area contributed by atoms with E-state index in [9.17, 15) is 4.79 Å². The van der Waals surface area contributed by atoms with Crippen molar-refractivity contribution < 1.29 is 4.79 Å². The number of carbonyl (C=O) groups excluding carboxylic acids is 1. The molecule has 3 aliphatic rings. The Morgan fingerprint density at radius 3 is 2.77 bits per heavy atom. The van der Waals surface area contributed by atoms with Gasteiger partial charge in [0.25, 0.3) is 0 Å². The summed E-state index contributed by atoms with van der Waals surface area (Å²) in [5, 5.41) is 13.7. The van der Waals surface area contributed by atoms with Crippen LogP contribution in [0.5, 0.6) is 0 Å². The summed E-state index contributed by atoms with van der Waals surface area (Å²) in [5.74, 6) is 1.10. The van der Waals surface area contributed by atoms with Crippen molar-refractivity contribution in [2.45, 2.75) is 76.3 Å². The number of nitrogens with zero attached hydrogens (tertiary/aromatic N) is 1. The first-order valence-electron chi connectivity index (χ1n) is 8.86. The van der Waals surface area contributed by atoms with Gasteiger partial charge in [-0.3, -0.25) is 9.89 Å². The summed E-state index contributed by atoms with van der Waals surface area (Å²) in [5.41, 5.74) is 1.59. The first kappa shape index (κ1) is 14.1. The quantitative estimate of drug-likeness (QED) is 0.787. The molecule has 1 amide bonds. The van der Waals surface area contributed by atoms with Crippen LogP contribution in [0, 0.1) is 5.41 Å². The van der Waals surface area contributed by atoms with E-state index in [4.69, 9.17) is 0 Å². The maximum absolute atomic E-state index is 12.7. The predicted molar refractivity (Wildman–Crippen MR) is 85.6 cm³/mol. The molecule has 0 aromatic carbocycles. The van der Waals surface area contributed by atoms with Crippen molar-refractivity contribution in [2.75, 3.05) is 5.32 Å². The number of fused-ring (bicyclic) bond motifs is 1. The maximum Gasteiger partial charge on any atom is 0.242 e. The molecule has 22 heavy (non-hydrogen) atoms. The highest BCUT2D eigenvalue weighted by Gasteiger charge is 2.43. The van der Waals surface area contributed by atoms with Crippen LogP contribution >= 0.6 is 0 Å². The minimum Gasteiger partial charge on any atom is -0.359 e. The van der Waals surface area contributed by atoms with E-state index in [0.717, 1.165) is 25.1 Å². The second-order valence-corrected chi connectivity index (χ2v) is 7.38. The number of H-pyrrole nitrogens is 1. The third-order valence-electron chi connectivity index (χ3n) is 6.13. The van der Waals surface area contributed by atoms with Crippen LogP contribution in [-0.4, -0.2) is 28.2 Å². The van der Waals surface area contributed by atoms with E-state index in [1.165, 1.54) is 50.5 Å². The molecule has 3 N–H and O–H groups in total. The van der Waals surface area contributed by atoms with E-state index in [1.807, 2.05) is 6.20 Å². The van der Waals surface area contributed by atoms with Gasteiger partial charge in [0, 0.05) is 11.6 Å². The van der Waals surface area contributed by atoms with Gasteiger partial charge in [0.15, 0.2) is 0 Å². The molecule has 0 saturated heterocycles. The highest BCUT2D eigenvalue weighted by molar-refractivity contribution is 5.85. The molecule has 2 atom stereocenters. The number of hydrogen-bond acceptors (Lipinski definition) is 3. The third kappa shape index (κ3) is 2.40. The molecule has 5 nitrogen and oxygen atoms in total. The van der Waals surface area contributed by atoms with E-state index in [2.05, 4.69) is 20.8 Å². The van der Waals surface area contributed by atoms with Crippen LogP contribution in [0.1, 0.15) is 63.4 Å². The van der Waals surface area contributed by atoms with Gasteiger partial charge in [-0.1, -0.05) is 25.7 Å². The van der Waals surface area contributed by atoms with Crippen LogP contribution < -0.4 is 10.6 Å². The van der Waals surface area contributed by atoms with Crippen molar-refractivity contribution in [1.29, 1.82) is 0 Å². The van der Waals surface area contributed by atoms with Crippen molar-refractivity contribution in [3.8, 4) is 0 Å². The standard InChI is InChI=1S/C17H26N4O/c22-16(13-7-6-12-11-18-21-15(12)19-13)20-14-5-1-2-8-17(14)9-3-4-10-17/h11,13-14H,1-10H2,(H,20,22)(H2,18,19,21). The molecular weight excluding hydrogens is 276 g/mol. The first-order valence-corrected chi connectivity index (χ1v) is 8.86. The van der Waals surface area contributed by atoms with Crippen LogP contribution in [0.25, 0.3) is 0 Å². The Morgan fingerprint density at radius 1 is 1.18 bits per heavy atom. The summed E-state index contributed by atoms with van der Waals surface area (Å²) < 4.78 is 0. The van der Waals surface area contributed by atoms with Gasteiger partial charge < -0.3 is 10.6 Å². The number of carbonyl (C=O) groups is 1. The van der Waals surface area contributed by atoms with Crippen molar-refractivity contribution in [3.05, 3.63) is 11.8 Å². The SMILES string of the molecule is O=C(NC1CCCCC12CCCC2)C1CCc2cn[nH]c2N1.